The molecule has 0 saturated carbocycles. The van der Waals surface area contributed by atoms with Gasteiger partial charge >= 0.3 is 0 Å². The Labute approximate surface area is 134 Å². The minimum Gasteiger partial charge on any atom is -0.392 e. The van der Waals surface area contributed by atoms with Crippen LogP contribution < -0.4 is 4.72 Å². The first kappa shape index (κ1) is 16.9. The molecular formula is C14H21BrN2O3S. The van der Waals surface area contributed by atoms with Crippen molar-refractivity contribution < 1.29 is 13.5 Å². The number of piperidine rings is 1. The summed E-state index contributed by atoms with van der Waals surface area (Å²) in [5, 5.41) is 9.06. The van der Waals surface area contributed by atoms with Gasteiger partial charge in [0, 0.05) is 11.0 Å². The molecule has 1 aliphatic heterocycles. The highest BCUT2D eigenvalue weighted by atomic mass is 79.9. The number of nitrogens with one attached hydrogen (secondary N) is 1. The quantitative estimate of drug-likeness (QED) is 0.817. The van der Waals surface area contributed by atoms with E-state index in [1.807, 2.05) is 0 Å². The van der Waals surface area contributed by atoms with Crippen molar-refractivity contribution in [2.24, 2.45) is 5.92 Å². The molecular weight excluding hydrogens is 356 g/mol. The number of halogens is 1. The zero-order valence-electron chi connectivity index (χ0n) is 12.0. The van der Waals surface area contributed by atoms with Gasteiger partial charge in [0.1, 0.15) is 0 Å². The fourth-order valence-corrected chi connectivity index (χ4v) is 4.67. The lowest BCUT2D eigenvalue weighted by Crippen LogP contribution is -2.36. The molecule has 5 nitrogen and oxygen atoms in total. The van der Waals surface area contributed by atoms with Crippen LogP contribution in [0.3, 0.4) is 0 Å². The smallest absolute Gasteiger partial charge is 0.241 e. The molecule has 1 heterocycles. The Balaban J connectivity index is 2.01. The number of likely N-dealkylation sites (tertiary alicyclic amines) is 1. The molecule has 118 valence electrons. The summed E-state index contributed by atoms with van der Waals surface area (Å²) >= 11 is 3.26. The standard InChI is InChI=1S/C14H21BrN2O3S/c1-17-6-4-11(5-7-17)9-16-21(19,20)14-3-2-12(10-18)8-13(14)15/h2-3,8,11,16,18H,4-7,9-10H2,1H3. The number of rotatable bonds is 5. The minimum absolute atomic E-state index is 0.109. The topological polar surface area (TPSA) is 69.6 Å². The summed E-state index contributed by atoms with van der Waals surface area (Å²) in [6, 6.07) is 4.77. The molecule has 0 atom stereocenters. The van der Waals surface area contributed by atoms with E-state index in [2.05, 4.69) is 32.6 Å². The van der Waals surface area contributed by atoms with Crippen LogP contribution >= 0.6 is 15.9 Å². The summed E-state index contributed by atoms with van der Waals surface area (Å²) in [7, 11) is -1.44. The Bertz CT molecular complexity index is 584. The van der Waals surface area contributed by atoms with E-state index in [4.69, 9.17) is 5.11 Å². The van der Waals surface area contributed by atoms with E-state index in [9.17, 15) is 8.42 Å². The highest BCUT2D eigenvalue weighted by Gasteiger charge is 2.22. The third kappa shape index (κ3) is 4.50. The van der Waals surface area contributed by atoms with Gasteiger partial charge in [-0.25, -0.2) is 13.1 Å². The number of nitrogens with zero attached hydrogens (tertiary/aromatic N) is 1. The first-order chi connectivity index (χ1) is 9.92. The van der Waals surface area contributed by atoms with Crippen molar-refractivity contribution in [3.8, 4) is 0 Å². The lowest BCUT2D eigenvalue weighted by molar-refractivity contribution is 0.220. The van der Waals surface area contributed by atoms with Crippen molar-refractivity contribution in [1.82, 2.24) is 9.62 Å². The Morgan fingerprint density at radius 2 is 2.05 bits per heavy atom. The maximum atomic E-state index is 12.3. The van der Waals surface area contributed by atoms with E-state index in [0.29, 0.717) is 22.5 Å². The van der Waals surface area contributed by atoms with E-state index in [-0.39, 0.29) is 11.5 Å². The number of benzene rings is 1. The van der Waals surface area contributed by atoms with Crippen LogP contribution in [0.4, 0.5) is 0 Å². The summed E-state index contributed by atoms with van der Waals surface area (Å²) in [5.74, 6) is 0.395. The van der Waals surface area contributed by atoms with E-state index in [1.165, 1.54) is 6.07 Å². The van der Waals surface area contributed by atoms with Crippen LogP contribution in [0, 0.1) is 5.92 Å². The van der Waals surface area contributed by atoms with Gasteiger partial charge in [-0.2, -0.15) is 0 Å². The van der Waals surface area contributed by atoms with Gasteiger partial charge in [0.05, 0.1) is 11.5 Å². The number of aliphatic hydroxyl groups excluding tert-OH is 1. The zero-order valence-corrected chi connectivity index (χ0v) is 14.5. The molecule has 1 aromatic rings. The molecule has 0 amide bonds. The maximum absolute atomic E-state index is 12.3. The highest BCUT2D eigenvalue weighted by molar-refractivity contribution is 9.10. The molecule has 1 aromatic carbocycles. The molecule has 0 aliphatic carbocycles. The Morgan fingerprint density at radius 1 is 1.38 bits per heavy atom. The second-order valence-corrected chi connectivity index (χ2v) is 8.11. The average Bonchev–Trinajstić information content (AvgIpc) is 2.46. The van der Waals surface area contributed by atoms with Crippen molar-refractivity contribution in [2.75, 3.05) is 26.7 Å². The molecule has 0 spiro atoms. The van der Waals surface area contributed by atoms with Crippen LogP contribution in [-0.2, 0) is 16.6 Å². The average molecular weight is 377 g/mol. The molecule has 21 heavy (non-hydrogen) atoms. The van der Waals surface area contributed by atoms with Gasteiger partial charge in [-0.15, -0.1) is 0 Å². The van der Waals surface area contributed by atoms with Gasteiger partial charge in [-0.3, -0.25) is 0 Å². The summed E-state index contributed by atoms with van der Waals surface area (Å²) in [5.41, 5.74) is 0.677. The van der Waals surface area contributed by atoms with E-state index < -0.39 is 10.0 Å². The lowest BCUT2D eigenvalue weighted by atomic mass is 9.98. The van der Waals surface area contributed by atoms with E-state index in [0.717, 1.165) is 25.9 Å². The van der Waals surface area contributed by atoms with Gasteiger partial charge in [-0.1, -0.05) is 6.07 Å². The van der Waals surface area contributed by atoms with Crippen molar-refractivity contribution in [3.05, 3.63) is 28.2 Å². The third-order valence-corrected chi connectivity index (χ3v) is 6.27. The van der Waals surface area contributed by atoms with Crippen molar-refractivity contribution in [2.45, 2.75) is 24.3 Å². The Hall–Kier alpha value is -0.470. The highest BCUT2D eigenvalue weighted by Crippen LogP contribution is 2.24. The van der Waals surface area contributed by atoms with Crippen LogP contribution in [0.5, 0.6) is 0 Å². The normalized spacial score (nSPS) is 18.0. The van der Waals surface area contributed by atoms with Crippen molar-refractivity contribution in [1.29, 1.82) is 0 Å². The predicted octanol–water partition coefficient (Wildman–Crippen LogP) is 1.56. The van der Waals surface area contributed by atoms with Gasteiger partial charge < -0.3 is 10.0 Å². The molecule has 0 bridgehead atoms. The van der Waals surface area contributed by atoms with E-state index >= 15 is 0 Å². The Morgan fingerprint density at radius 3 is 2.62 bits per heavy atom. The summed E-state index contributed by atoms with van der Waals surface area (Å²) in [6.45, 7) is 2.40. The van der Waals surface area contributed by atoms with Crippen LogP contribution in [0.1, 0.15) is 18.4 Å². The fraction of sp³-hybridized carbons (Fsp3) is 0.571. The molecule has 7 heteroatoms. The summed E-state index contributed by atoms with van der Waals surface area (Å²) < 4.78 is 27.9. The van der Waals surface area contributed by atoms with Crippen molar-refractivity contribution >= 4 is 26.0 Å². The monoisotopic (exact) mass is 376 g/mol. The molecule has 1 fully saturated rings. The van der Waals surface area contributed by atoms with Crippen molar-refractivity contribution in [3.63, 3.8) is 0 Å². The lowest BCUT2D eigenvalue weighted by Gasteiger charge is -2.28. The maximum Gasteiger partial charge on any atom is 0.241 e. The van der Waals surface area contributed by atoms with Gasteiger partial charge in [-0.05, 0) is 72.5 Å². The molecule has 0 aromatic heterocycles. The third-order valence-electron chi connectivity index (χ3n) is 3.87. The van der Waals surface area contributed by atoms with Crippen LogP contribution in [0.25, 0.3) is 0 Å². The molecule has 2 N–H and O–H groups in total. The second-order valence-electron chi connectivity index (χ2n) is 5.52. The van der Waals surface area contributed by atoms with Gasteiger partial charge in [0.15, 0.2) is 0 Å². The van der Waals surface area contributed by atoms with Gasteiger partial charge in [0.2, 0.25) is 10.0 Å². The van der Waals surface area contributed by atoms with Crippen LogP contribution in [0.2, 0.25) is 0 Å². The van der Waals surface area contributed by atoms with Gasteiger partial charge in [0.25, 0.3) is 0 Å². The fourth-order valence-electron chi connectivity index (χ4n) is 2.43. The Kier molecular flexibility index (Phi) is 5.79. The molecule has 0 radical (unpaired) electrons. The second kappa shape index (κ2) is 7.19. The summed E-state index contributed by atoms with van der Waals surface area (Å²) in [6.07, 6.45) is 2.03. The molecule has 0 unspecified atom stereocenters. The predicted molar refractivity (Wildman–Crippen MR) is 85.5 cm³/mol. The number of hydrogen-bond donors (Lipinski definition) is 2. The molecule has 2 rings (SSSR count). The number of hydrogen-bond acceptors (Lipinski definition) is 4. The van der Waals surface area contributed by atoms with Crippen LogP contribution in [0.15, 0.2) is 27.6 Å². The first-order valence-corrected chi connectivity index (χ1v) is 9.27. The minimum atomic E-state index is -3.52. The van der Waals surface area contributed by atoms with Crippen LogP contribution in [-0.4, -0.2) is 45.1 Å². The zero-order chi connectivity index (χ0) is 15.5. The number of sulfonamides is 1. The number of aliphatic hydroxyl groups is 1. The SMILES string of the molecule is CN1CCC(CNS(=O)(=O)c2ccc(CO)cc2Br)CC1. The largest absolute Gasteiger partial charge is 0.392 e. The molecule has 1 saturated heterocycles. The molecule has 1 aliphatic rings. The summed E-state index contributed by atoms with van der Waals surface area (Å²) in [4.78, 5) is 2.47. The van der Waals surface area contributed by atoms with E-state index in [1.54, 1.807) is 12.1 Å². The first-order valence-electron chi connectivity index (χ1n) is 7.00.